The fourth-order valence-electron chi connectivity index (χ4n) is 3.11. The first kappa shape index (κ1) is 20.9. The third-order valence-corrected chi connectivity index (χ3v) is 7.13. The van der Waals surface area contributed by atoms with Crippen molar-refractivity contribution in [2.24, 2.45) is 0 Å². The number of nitrogens with zero attached hydrogens (tertiary/aromatic N) is 3. The molecule has 1 fully saturated rings. The third kappa shape index (κ3) is 4.25. The zero-order chi connectivity index (χ0) is 22.2. The van der Waals surface area contributed by atoms with E-state index in [4.69, 9.17) is 4.52 Å². The Kier molecular flexibility index (Phi) is 5.41. The summed E-state index contributed by atoms with van der Waals surface area (Å²) in [5.74, 6) is 0.649. The van der Waals surface area contributed by atoms with E-state index in [1.54, 1.807) is 36.1 Å². The summed E-state index contributed by atoms with van der Waals surface area (Å²) in [4.78, 5) is 24.5. The number of carbonyl (C=O) groups is 1. The number of amides is 1. The largest absolute Gasteiger partial charge is 0.360 e. The van der Waals surface area contributed by atoms with Crippen LogP contribution in [0, 0.1) is 17.0 Å². The van der Waals surface area contributed by atoms with Crippen molar-refractivity contribution in [2.45, 2.75) is 17.2 Å². The second-order valence-corrected chi connectivity index (χ2v) is 9.45. The minimum atomic E-state index is -3.88. The summed E-state index contributed by atoms with van der Waals surface area (Å²) >= 11 is 1.39. The van der Waals surface area contributed by atoms with Gasteiger partial charge in [0, 0.05) is 23.9 Å². The van der Waals surface area contributed by atoms with Gasteiger partial charge in [-0.05, 0) is 48.9 Å². The first-order valence-corrected chi connectivity index (χ1v) is 11.5. The van der Waals surface area contributed by atoms with Crippen LogP contribution < -0.4 is 9.62 Å². The molecule has 1 aliphatic rings. The minimum absolute atomic E-state index is 0.00286. The number of rotatable bonds is 6. The highest BCUT2D eigenvalue weighted by molar-refractivity contribution is 8.00. The number of sulfonamides is 1. The number of aryl methyl sites for hydroxylation is 1. The molecule has 1 aliphatic heterocycles. The van der Waals surface area contributed by atoms with Gasteiger partial charge in [-0.3, -0.25) is 24.5 Å². The molecule has 2 heterocycles. The van der Waals surface area contributed by atoms with Crippen molar-refractivity contribution in [3.63, 3.8) is 0 Å². The van der Waals surface area contributed by atoms with Crippen LogP contribution in [-0.2, 0) is 14.8 Å². The van der Waals surface area contributed by atoms with Crippen molar-refractivity contribution in [3.05, 3.63) is 76.0 Å². The zero-order valence-corrected chi connectivity index (χ0v) is 17.7. The molecule has 0 bridgehead atoms. The first-order valence-electron chi connectivity index (χ1n) is 8.99. The van der Waals surface area contributed by atoms with Gasteiger partial charge in [-0.25, -0.2) is 8.42 Å². The number of nitro benzene ring substituents is 1. The number of nitrogens with one attached hydrogen (secondary N) is 1. The number of non-ortho nitro benzene ring substituents is 1. The SMILES string of the molecule is Cc1cc(NS(=O)(=O)c2ccc(N3C(=O)CSC3c3ccc([N+](=O)[O-])cc3)cc2)no1. The topological polar surface area (TPSA) is 136 Å². The Morgan fingerprint density at radius 1 is 1.19 bits per heavy atom. The van der Waals surface area contributed by atoms with Crippen molar-refractivity contribution >= 4 is 44.9 Å². The first-order chi connectivity index (χ1) is 14.7. The predicted octanol–water partition coefficient (Wildman–Crippen LogP) is 3.47. The lowest BCUT2D eigenvalue weighted by Crippen LogP contribution is -2.27. The van der Waals surface area contributed by atoms with Crippen LogP contribution in [0.5, 0.6) is 0 Å². The van der Waals surface area contributed by atoms with Crippen LogP contribution in [-0.4, -0.2) is 30.2 Å². The molecule has 2 aromatic carbocycles. The van der Waals surface area contributed by atoms with E-state index in [-0.39, 0.29) is 33.4 Å². The molecule has 3 aromatic rings. The fourth-order valence-corrected chi connectivity index (χ4v) is 5.27. The fraction of sp³-hybridized carbons (Fsp3) is 0.158. The second-order valence-electron chi connectivity index (χ2n) is 6.70. The maximum Gasteiger partial charge on any atom is 0.269 e. The van der Waals surface area contributed by atoms with E-state index in [0.29, 0.717) is 11.4 Å². The van der Waals surface area contributed by atoms with Crippen molar-refractivity contribution in [2.75, 3.05) is 15.4 Å². The highest BCUT2D eigenvalue weighted by Gasteiger charge is 2.34. The third-order valence-electron chi connectivity index (χ3n) is 4.55. The Labute approximate surface area is 181 Å². The number of thioether (sulfide) groups is 1. The lowest BCUT2D eigenvalue weighted by atomic mass is 10.1. The van der Waals surface area contributed by atoms with Crippen molar-refractivity contribution in [1.29, 1.82) is 0 Å². The molecule has 10 nitrogen and oxygen atoms in total. The van der Waals surface area contributed by atoms with E-state index in [1.807, 2.05) is 0 Å². The average Bonchev–Trinajstić information content (AvgIpc) is 3.33. The van der Waals surface area contributed by atoms with E-state index in [0.717, 1.165) is 5.56 Å². The normalized spacial score (nSPS) is 16.5. The maximum atomic E-state index is 12.5. The Morgan fingerprint density at radius 3 is 2.45 bits per heavy atom. The van der Waals surface area contributed by atoms with Crippen LogP contribution >= 0.6 is 11.8 Å². The summed E-state index contributed by atoms with van der Waals surface area (Å²) in [5, 5.41) is 14.1. The van der Waals surface area contributed by atoms with Crippen LogP contribution in [0.15, 0.2) is 64.0 Å². The van der Waals surface area contributed by atoms with Gasteiger partial charge in [-0.2, -0.15) is 0 Å². The lowest BCUT2D eigenvalue weighted by Gasteiger charge is -2.24. The number of benzene rings is 2. The molecule has 0 spiro atoms. The Hall–Kier alpha value is -3.38. The number of carbonyl (C=O) groups excluding carboxylic acids is 1. The number of aromatic nitrogens is 1. The highest BCUT2D eigenvalue weighted by Crippen LogP contribution is 2.42. The number of hydrogen-bond donors (Lipinski definition) is 1. The van der Waals surface area contributed by atoms with E-state index >= 15 is 0 Å². The monoisotopic (exact) mass is 460 g/mol. The lowest BCUT2D eigenvalue weighted by molar-refractivity contribution is -0.384. The van der Waals surface area contributed by atoms with Gasteiger partial charge < -0.3 is 4.52 Å². The molecule has 160 valence electrons. The van der Waals surface area contributed by atoms with Crippen LogP contribution in [0.3, 0.4) is 0 Å². The van der Waals surface area contributed by atoms with E-state index < -0.39 is 14.9 Å². The zero-order valence-electron chi connectivity index (χ0n) is 16.1. The van der Waals surface area contributed by atoms with Gasteiger partial charge in [-0.15, -0.1) is 11.8 Å². The summed E-state index contributed by atoms with van der Waals surface area (Å²) in [6, 6.07) is 13.4. The van der Waals surface area contributed by atoms with Gasteiger partial charge in [0.25, 0.3) is 15.7 Å². The van der Waals surface area contributed by atoms with Gasteiger partial charge in [-0.1, -0.05) is 5.16 Å². The number of hydrogen-bond acceptors (Lipinski definition) is 8. The van der Waals surface area contributed by atoms with E-state index in [9.17, 15) is 23.3 Å². The summed E-state index contributed by atoms with van der Waals surface area (Å²) in [7, 11) is -3.88. The maximum absolute atomic E-state index is 12.5. The van der Waals surface area contributed by atoms with Crippen LogP contribution in [0.4, 0.5) is 17.2 Å². The smallest absolute Gasteiger partial charge is 0.269 e. The number of nitro groups is 1. The summed E-state index contributed by atoms with van der Waals surface area (Å²) in [6.45, 7) is 1.64. The predicted molar refractivity (Wildman–Crippen MR) is 114 cm³/mol. The van der Waals surface area contributed by atoms with Gasteiger partial charge >= 0.3 is 0 Å². The van der Waals surface area contributed by atoms with Gasteiger partial charge in [0.15, 0.2) is 5.82 Å². The van der Waals surface area contributed by atoms with Crippen molar-refractivity contribution < 1.29 is 22.7 Å². The standard InChI is InChI=1S/C19H16N4O6S2/c1-12-10-17(20-29-12)21-31(27,28)16-8-6-14(7-9-16)22-18(24)11-30-19(22)13-2-4-15(5-3-13)23(25)26/h2-10,19H,11H2,1H3,(H,20,21). The Morgan fingerprint density at radius 2 is 1.87 bits per heavy atom. The Balaban J connectivity index is 1.58. The summed E-state index contributed by atoms with van der Waals surface area (Å²) in [5.41, 5.74) is 1.23. The van der Waals surface area contributed by atoms with Crippen LogP contribution in [0.2, 0.25) is 0 Å². The molecule has 12 heteroatoms. The molecule has 1 aromatic heterocycles. The average molecular weight is 460 g/mol. The molecular weight excluding hydrogens is 444 g/mol. The van der Waals surface area contributed by atoms with E-state index in [1.165, 1.54) is 42.1 Å². The van der Waals surface area contributed by atoms with Crippen molar-refractivity contribution in [1.82, 2.24) is 5.16 Å². The molecule has 0 saturated carbocycles. The molecule has 1 unspecified atom stereocenters. The van der Waals surface area contributed by atoms with Gasteiger partial charge in [0.2, 0.25) is 5.91 Å². The summed E-state index contributed by atoms with van der Waals surface area (Å²) in [6.07, 6.45) is 0. The van der Waals surface area contributed by atoms with Crippen LogP contribution in [0.1, 0.15) is 16.7 Å². The molecule has 0 radical (unpaired) electrons. The minimum Gasteiger partial charge on any atom is -0.360 e. The molecule has 31 heavy (non-hydrogen) atoms. The molecule has 0 aliphatic carbocycles. The van der Waals surface area contributed by atoms with E-state index in [2.05, 4.69) is 9.88 Å². The summed E-state index contributed by atoms with van der Waals surface area (Å²) < 4.78 is 32.3. The van der Waals surface area contributed by atoms with Gasteiger partial charge in [0.1, 0.15) is 11.1 Å². The molecule has 1 N–H and O–H groups in total. The molecule has 1 atom stereocenters. The highest BCUT2D eigenvalue weighted by atomic mass is 32.2. The van der Waals surface area contributed by atoms with Gasteiger partial charge in [0.05, 0.1) is 15.6 Å². The molecule has 4 rings (SSSR count). The molecule has 1 saturated heterocycles. The Bertz CT molecular complexity index is 1240. The molecular formula is C19H16N4O6S2. The van der Waals surface area contributed by atoms with Crippen LogP contribution in [0.25, 0.3) is 0 Å². The quantitative estimate of drug-likeness (QED) is 0.436. The van der Waals surface area contributed by atoms with Crippen molar-refractivity contribution in [3.8, 4) is 0 Å². The molecule has 1 amide bonds. The second kappa shape index (κ2) is 8.04. The number of anilines is 2.